The minimum atomic E-state index is -0.683. The van der Waals surface area contributed by atoms with E-state index in [0.717, 1.165) is 16.9 Å². The molecule has 0 radical (unpaired) electrons. The molecular formula is C18H23N3O3. The number of likely N-dealkylation sites (N-methyl/N-ethyl adjacent to an activating group) is 1. The first-order valence-corrected chi connectivity index (χ1v) is 7.74. The zero-order valence-electron chi connectivity index (χ0n) is 14.4. The lowest BCUT2D eigenvalue weighted by Gasteiger charge is -2.22. The monoisotopic (exact) mass is 329 g/mol. The Morgan fingerprint density at radius 1 is 1.12 bits per heavy atom. The van der Waals surface area contributed by atoms with Crippen LogP contribution in [0.3, 0.4) is 0 Å². The number of nitrogens with one attached hydrogen (secondary N) is 2. The van der Waals surface area contributed by atoms with Crippen LogP contribution in [0.2, 0.25) is 0 Å². The maximum Gasteiger partial charge on any atom is 0.313 e. The fraction of sp³-hybridized carbons (Fsp3) is 0.333. The van der Waals surface area contributed by atoms with E-state index >= 15 is 0 Å². The summed E-state index contributed by atoms with van der Waals surface area (Å²) in [5, 5.41) is 5.27. The van der Waals surface area contributed by atoms with Gasteiger partial charge in [-0.25, -0.2) is 0 Å². The van der Waals surface area contributed by atoms with Crippen molar-refractivity contribution in [3.05, 3.63) is 53.5 Å². The second kappa shape index (κ2) is 7.79. The molecule has 0 fully saturated rings. The van der Waals surface area contributed by atoms with Crippen LogP contribution in [-0.2, 0) is 9.59 Å². The van der Waals surface area contributed by atoms with Crippen LogP contribution in [0, 0.1) is 13.8 Å². The third kappa shape index (κ3) is 4.70. The minimum absolute atomic E-state index is 0.141. The lowest BCUT2D eigenvalue weighted by molar-refractivity contribution is -0.136. The lowest BCUT2D eigenvalue weighted by atomic mass is 10.1. The summed E-state index contributed by atoms with van der Waals surface area (Å²) in [6.07, 6.45) is 1.58. The number of furan rings is 1. The number of rotatable bonds is 5. The summed E-state index contributed by atoms with van der Waals surface area (Å²) in [7, 11) is 3.77. The predicted molar refractivity (Wildman–Crippen MR) is 92.7 cm³/mol. The summed E-state index contributed by atoms with van der Waals surface area (Å²) >= 11 is 0. The Bertz CT molecular complexity index is 688. The molecule has 24 heavy (non-hydrogen) atoms. The standard InChI is InChI=1S/C18H23N3O3/c1-12-8-13(2)10-14(9-12)20-18(23)17(22)19-11-15(21(3)4)16-6-5-7-24-16/h5-10,15H,11H2,1-4H3,(H,19,22)(H,20,23). The van der Waals surface area contributed by atoms with Crippen LogP contribution in [0.1, 0.15) is 22.9 Å². The normalized spacial score (nSPS) is 12.0. The number of carbonyl (C=O) groups is 2. The number of aryl methyl sites for hydroxylation is 2. The van der Waals surface area contributed by atoms with Gasteiger partial charge in [-0.2, -0.15) is 0 Å². The van der Waals surface area contributed by atoms with Crippen molar-refractivity contribution in [1.29, 1.82) is 0 Å². The molecule has 6 nitrogen and oxygen atoms in total. The van der Waals surface area contributed by atoms with Gasteiger partial charge in [-0.05, 0) is 63.3 Å². The lowest BCUT2D eigenvalue weighted by Crippen LogP contribution is -2.40. The van der Waals surface area contributed by atoms with Crippen molar-refractivity contribution < 1.29 is 14.0 Å². The summed E-state index contributed by atoms with van der Waals surface area (Å²) in [5.74, 6) is -0.625. The van der Waals surface area contributed by atoms with Gasteiger partial charge >= 0.3 is 11.8 Å². The van der Waals surface area contributed by atoms with Crippen molar-refractivity contribution in [2.75, 3.05) is 26.0 Å². The predicted octanol–water partition coefficient (Wildman–Crippen LogP) is 2.25. The second-order valence-electron chi connectivity index (χ2n) is 6.04. The molecule has 2 rings (SSSR count). The van der Waals surface area contributed by atoms with Crippen molar-refractivity contribution in [2.45, 2.75) is 19.9 Å². The van der Waals surface area contributed by atoms with Crippen LogP contribution in [0.4, 0.5) is 5.69 Å². The number of amides is 2. The molecule has 1 unspecified atom stereocenters. The number of carbonyl (C=O) groups excluding carboxylic acids is 2. The van der Waals surface area contributed by atoms with Crippen LogP contribution in [0.25, 0.3) is 0 Å². The van der Waals surface area contributed by atoms with E-state index in [-0.39, 0.29) is 12.6 Å². The molecule has 1 atom stereocenters. The quantitative estimate of drug-likeness (QED) is 0.825. The Morgan fingerprint density at radius 3 is 2.33 bits per heavy atom. The molecule has 2 amide bonds. The van der Waals surface area contributed by atoms with Gasteiger partial charge < -0.3 is 15.1 Å². The third-order valence-electron chi connectivity index (χ3n) is 3.64. The highest BCUT2D eigenvalue weighted by atomic mass is 16.3. The maximum atomic E-state index is 12.0. The van der Waals surface area contributed by atoms with E-state index < -0.39 is 11.8 Å². The molecule has 128 valence electrons. The van der Waals surface area contributed by atoms with E-state index in [2.05, 4.69) is 10.6 Å². The second-order valence-corrected chi connectivity index (χ2v) is 6.04. The van der Waals surface area contributed by atoms with E-state index in [1.165, 1.54) is 0 Å². The molecule has 2 N–H and O–H groups in total. The van der Waals surface area contributed by atoms with Gasteiger partial charge in [-0.1, -0.05) is 6.07 Å². The number of nitrogens with zero attached hydrogens (tertiary/aromatic N) is 1. The van der Waals surface area contributed by atoms with Gasteiger partial charge in [0, 0.05) is 12.2 Å². The first-order valence-electron chi connectivity index (χ1n) is 7.74. The first-order chi connectivity index (χ1) is 11.4. The van der Waals surface area contributed by atoms with Crippen LogP contribution < -0.4 is 10.6 Å². The molecule has 0 aliphatic heterocycles. The van der Waals surface area contributed by atoms with Crippen LogP contribution in [0.5, 0.6) is 0 Å². The molecule has 1 heterocycles. The van der Waals surface area contributed by atoms with Crippen molar-refractivity contribution in [3.8, 4) is 0 Å². The summed E-state index contributed by atoms with van der Waals surface area (Å²) in [5.41, 5.74) is 2.66. The van der Waals surface area contributed by atoms with Crippen molar-refractivity contribution >= 4 is 17.5 Å². The number of benzene rings is 1. The van der Waals surface area contributed by atoms with E-state index in [4.69, 9.17) is 4.42 Å². The van der Waals surface area contributed by atoms with E-state index in [1.54, 1.807) is 12.3 Å². The Morgan fingerprint density at radius 2 is 1.79 bits per heavy atom. The van der Waals surface area contributed by atoms with Gasteiger partial charge in [0.2, 0.25) is 0 Å². The molecule has 0 saturated heterocycles. The summed E-state index contributed by atoms with van der Waals surface area (Å²) in [4.78, 5) is 26.0. The SMILES string of the molecule is Cc1cc(C)cc(NC(=O)C(=O)NCC(c2ccco2)N(C)C)c1. The molecule has 6 heteroatoms. The number of hydrogen-bond acceptors (Lipinski definition) is 4. The third-order valence-corrected chi connectivity index (χ3v) is 3.64. The maximum absolute atomic E-state index is 12.0. The van der Waals surface area contributed by atoms with Crippen LogP contribution >= 0.6 is 0 Å². The minimum Gasteiger partial charge on any atom is -0.468 e. The highest BCUT2D eigenvalue weighted by Crippen LogP contribution is 2.17. The van der Waals surface area contributed by atoms with E-state index in [0.29, 0.717) is 5.69 Å². The average molecular weight is 329 g/mol. The molecule has 0 saturated carbocycles. The summed E-state index contributed by atoms with van der Waals surface area (Å²) in [6.45, 7) is 4.15. The van der Waals surface area contributed by atoms with Gasteiger partial charge in [-0.15, -0.1) is 0 Å². The molecule has 2 aromatic rings. The van der Waals surface area contributed by atoms with Crippen molar-refractivity contribution in [3.63, 3.8) is 0 Å². The Kier molecular flexibility index (Phi) is 5.76. The Labute approximate surface area is 141 Å². The Balaban J connectivity index is 1.94. The smallest absolute Gasteiger partial charge is 0.313 e. The molecular weight excluding hydrogens is 306 g/mol. The van der Waals surface area contributed by atoms with Gasteiger partial charge in [-0.3, -0.25) is 14.5 Å². The molecule has 1 aromatic carbocycles. The van der Waals surface area contributed by atoms with Crippen LogP contribution in [0.15, 0.2) is 41.0 Å². The highest BCUT2D eigenvalue weighted by Gasteiger charge is 2.20. The molecule has 0 aliphatic carbocycles. The van der Waals surface area contributed by atoms with Crippen molar-refractivity contribution in [2.24, 2.45) is 0 Å². The van der Waals surface area contributed by atoms with Gasteiger partial charge in [0.15, 0.2) is 0 Å². The van der Waals surface area contributed by atoms with Gasteiger partial charge in [0.05, 0.1) is 12.3 Å². The topological polar surface area (TPSA) is 74.6 Å². The highest BCUT2D eigenvalue weighted by molar-refractivity contribution is 6.39. The zero-order chi connectivity index (χ0) is 17.7. The zero-order valence-corrected chi connectivity index (χ0v) is 14.4. The Hall–Kier alpha value is -2.60. The molecule has 0 bridgehead atoms. The largest absolute Gasteiger partial charge is 0.468 e. The number of anilines is 1. The average Bonchev–Trinajstić information content (AvgIpc) is 2.99. The van der Waals surface area contributed by atoms with E-state index in [9.17, 15) is 9.59 Å². The van der Waals surface area contributed by atoms with Gasteiger partial charge in [0.1, 0.15) is 5.76 Å². The number of hydrogen-bond donors (Lipinski definition) is 2. The summed E-state index contributed by atoms with van der Waals surface area (Å²) in [6, 6.07) is 9.14. The molecule has 0 aliphatic rings. The van der Waals surface area contributed by atoms with E-state index in [1.807, 2.05) is 57.1 Å². The van der Waals surface area contributed by atoms with Gasteiger partial charge in [0.25, 0.3) is 0 Å². The van der Waals surface area contributed by atoms with Crippen molar-refractivity contribution in [1.82, 2.24) is 10.2 Å². The summed E-state index contributed by atoms with van der Waals surface area (Å²) < 4.78 is 5.38. The molecule has 1 aromatic heterocycles. The fourth-order valence-corrected chi connectivity index (χ4v) is 2.52. The molecule has 0 spiro atoms. The first kappa shape index (κ1) is 17.7. The fourth-order valence-electron chi connectivity index (χ4n) is 2.52. The van der Waals surface area contributed by atoms with Crippen LogP contribution in [-0.4, -0.2) is 37.4 Å².